The number of hydrogen-bond donors (Lipinski definition) is 1. The highest BCUT2D eigenvalue weighted by Gasteiger charge is 2.10. The van der Waals surface area contributed by atoms with Crippen LogP contribution in [-0.4, -0.2) is 18.2 Å². The number of Topliss-reactive ketones (excluding diaryl/α,β-unsaturated/α-hetero) is 1. The van der Waals surface area contributed by atoms with E-state index in [1.165, 1.54) is 6.92 Å². The zero-order valence-corrected chi connectivity index (χ0v) is 8.94. The molecule has 13 heavy (non-hydrogen) atoms. The Bertz CT molecular complexity index is 192. The molecule has 1 amide bonds. The van der Waals surface area contributed by atoms with Gasteiger partial charge in [-0.2, -0.15) is 0 Å². The summed E-state index contributed by atoms with van der Waals surface area (Å²) in [5.41, 5.74) is 0.226. The summed E-state index contributed by atoms with van der Waals surface area (Å²) in [5, 5.41) is 2.71. The van der Waals surface area contributed by atoms with E-state index < -0.39 is 0 Å². The zero-order chi connectivity index (χ0) is 10.5. The van der Waals surface area contributed by atoms with Gasteiger partial charge in [0.25, 0.3) is 0 Å². The Morgan fingerprint density at radius 1 is 1.23 bits per heavy atom. The fraction of sp³-hybridized carbons (Fsp3) is 0.800. The van der Waals surface area contributed by atoms with Gasteiger partial charge in [-0.1, -0.05) is 20.8 Å². The summed E-state index contributed by atoms with van der Waals surface area (Å²) >= 11 is 0. The summed E-state index contributed by atoms with van der Waals surface area (Å²) in [7, 11) is 0. The van der Waals surface area contributed by atoms with Gasteiger partial charge >= 0.3 is 0 Å². The van der Waals surface area contributed by atoms with E-state index in [-0.39, 0.29) is 23.5 Å². The summed E-state index contributed by atoms with van der Waals surface area (Å²) in [6.07, 6.45) is 0.931. The molecule has 0 spiro atoms. The second kappa shape index (κ2) is 5.00. The van der Waals surface area contributed by atoms with E-state index in [4.69, 9.17) is 0 Å². The molecule has 0 saturated heterocycles. The topological polar surface area (TPSA) is 46.2 Å². The molecule has 0 bridgehead atoms. The van der Waals surface area contributed by atoms with Crippen molar-refractivity contribution in [3.8, 4) is 0 Å². The number of amides is 1. The molecule has 0 atom stereocenters. The van der Waals surface area contributed by atoms with Crippen molar-refractivity contribution in [3.63, 3.8) is 0 Å². The minimum Gasteiger partial charge on any atom is -0.356 e. The van der Waals surface area contributed by atoms with Crippen LogP contribution in [0, 0.1) is 5.41 Å². The Morgan fingerprint density at radius 2 is 1.77 bits per heavy atom. The van der Waals surface area contributed by atoms with Gasteiger partial charge in [-0.25, -0.2) is 0 Å². The molecular weight excluding hydrogens is 166 g/mol. The first-order chi connectivity index (χ1) is 5.81. The molecule has 0 fully saturated rings. The lowest BCUT2D eigenvalue weighted by molar-refractivity contribution is -0.127. The summed E-state index contributed by atoms with van der Waals surface area (Å²) in [5.74, 6) is -0.259. The van der Waals surface area contributed by atoms with E-state index >= 15 is 0 Å². The van der Waals surface area contributed by atoms with Crippen molar-refractivity contribution in [2.45, 2.75) is 40.5 Å². The van der Waals surface area contributed by atoms with E-state index in [2.05, 4.69) is 26.1 Å². The van der Waals surface area contributed by atoms with Crippen LogP contribution in [-0.2, 0) is 9.59 Å². The molecule has 3 nitrogen and oxygen atoms in total. The van der Waals surface area contributed by atoms with Crippen molar-refractivity contribution < 1.29 is 9.59 Å². The lowest BCUT2D eigenvalue weighted by Gasteiger charge is -2.17. The number of nitrogens with one attached hydrogen (secondary N) is 1. The minimum atomic E-state index is -0.170. The first-order valence-corrected chi connectivity index (χ1v) is 4.57. The van der Waals surface area contributed by atoms with Gasteiger partial charge in [0.05, 0.1) is 6.42 Å². The van der Waals surface area contributed by atoms with Gasteiger partial charge < -0.3 is 5.32 Å². The summed E-state index contributed by atoms with van der Waals surface area (Å²) in [6.45, 7) is 8.41. The van der Waals surface area contributed by atoms with E-state index in [0.29, 0.717) is 6.54 Å². The Kier molecular flexibility index (Phi) is 4.67. The van der Waals surface area contributed by atoms with Crippen molar-refractivity contribution in [1.82, 2.24) is 5.32 Å². The number of carbonyl (C=O) groups is 2. The molecule has 0 rings (SSSR count). The van der Waals surface area contributed by atoms with Gasteiger partial charge in [-0.3, -0.25) is 9.59 Å². The molecule has 1 N–H and O–H groups in total. The van der Waals surface area contributed by atoms with Crippen LogP contribution in [0.2, 0.25) is 0 Å². The van der Waals surface area contributed by atoms with Crippen LogP contribution >= 0.6 is 0 Å². The van der Waals surface area contributed by atoms with Crippen LogP contribution in [0.15, 0.2) is 0 Å². The van der Waals surface area contributed by atoms with Gasteiger partial charge in [0.2, 0.25) is 5.91 Å². The van der Waals surface area contributed by atoms with Crippen LogP contribution < -0.4 is 5.32 Å². The second-order valence-corrected chi connectivity index (χ2v) is 4.54. The van der Waals surface area contributed by atoms with Crippen LogP contribution in [0.3, 0.4) is 0 Å². The van der Waals surface area contributed by atoms with Gasteiger partial charge in [0.15, 0.2) is 0 Å². The third-order valence-corrected chi connectivity index (χ3v) is 1.61. The largest absolute Gasteiger partial charge is 0.356 e. The molecule has 0 unspecified atom stereocenters. The smallest absolute Gasteiger partial charge is 0.227 e. The van der Waals surface area contributed by atoms with Gasteiger partial charge in [0.1, 0.15) is 5.78 Å². The Morgan fingerprint density at radius 3 is 2.15 bits per heavy atom. The predicted molar refractivity (Wildman–Crippen MR) is 52.4 cm³/mol. The van der Waals surface area contributed by atoms with Gasteiger partial charge in [-0.05, 0) is 18.8 Å². The molecule has 0 aromatic heterocycles. The first-order valence-electron chi connectivity index (χ1n) is 4.57. The highest BCUT2D eigenvalue weighted by Crippen LogP contribution is 2.16. The zero-order valence-electron chi connectivity index (χ0n) is 8.94. The number of ketones is 1. The standard InChI is InChI=1S/C10H19NO2/c1-8(12)7-9(13)11-6-5-10(2,3)4/h5-7H2,1-4H3,(H,11,13). The number of hydrogen-bond acceptors (Lipinski definition) is 2. The average molecular weight is 185 g/mol. The number of rotatable bonds is 4. The van der Waals surface area contributed by atoms with E-state index in [9.17, 15) is 9.59 Å². The lowest BCUT2D eigenvalue weighted by atomic mass is 9.92. The average Bonchev–Trinajstić information content (AvgIpc) is 1.81. The monoisotopic (exact) mass is 185 g/mol. The van der Waals surface area contributed by atoms with Crippen molar-refractivity contribution in [1.29, 1.82) is 0 Å². The highest BCUT2D eigenvalue weighted by atomic mass is 16.2. The van der Waals surface area contributed by atoms with Crippen molar-refractivity contribution in [3.05, 3.63) is 0 Å². The summed E-state index contributed by atoms with van der Waals surface area (Å²) < 4.78 is 0. The maximum absolute atomic E-state index is 11.0. The maximum Gasteiger partial charge on any atom is 0.227 e. The Balaban J connectivity index is 3.54. The first kappa shape index (κ1) is 12.1. The van der Waals surface area contributed by atoms with Gasteiger partial charge in [-0.15, -0.1) is 0 Å². The van der Waals surface area contributed by atoms with Gasteiger partial charge in [0, 0.05) is 6.54 Å². The third kappa shape index (κ3) is 9.05. The van der Waals surface area contributed by atoms with Crippen molar-refractivity contribution in [2.75, 3.05) is 6.54 Å². The summed E-state index contributed by atoms with van der Waals surface area (Å²) in [6, 6.07) is 0. The molecule has 0 radical (unpaired) electrons. The van der Waals surface area contributed by atoms with Crippen LogP contribution in [0.25, 0.3) is 0 Å². The Hall–Kier alpha value is -0.860. The number of carbonyl (C=O) groups excluding carboxylic acids is 2. The summed E-state index contributed by atoms with van der Waals surface area (Å²) in [4.78, 5) is 21.6. The molecule has 76 valence electrons. The predicted octanol–water partition coefficient (Wildman–Crippen LogP) is 1.52. The maximum atomic E-state index is 11.0. The highest BCUT2D eigenvalue weighted by molar-refractivity contribution is 5.96. The third-order valence-electron chi connectivity index (χ3n) is 1.61. The molecule has 0 heterocycles. The van der Waals surface area contributed by atoms with Crippen LogP contribution in [0.4, 0.5) is 0 Å². The lowest BCUT2D eigenvalue weighted by Crippen LogP contribution is -2.28. The molecule has 0 saturated carbocycles. The normalized spacial score (nSPS) is 11.1. The SMILES string of the molecule is CC(=O)CC(=O)NCCC(C)(C)C. The molecular formula is C10H19NO2. The molecule has 0 aliphatic carbocycles. The van der Waals surface area contributed by atoms with Crippen molar-refractivity contribution >= 4 is 11.7 Å². The van der Waals surface area contributed by atoms with E-state index in [0.717, 1.165) is 6.42 Å². The minimum absolute atomic E-state index is 0.00411. The molecule has 0 aromatic rings. The van der Waals surface area contributed by atoms with Crippen molar-refractivity contribution in [2.24, 2.45) is 5.41 Å². The van der Waals surface area contributed by atoms with Crippen LogP contribution in [0.1, 0.15) is 40.5 Å². The quantitative estimate of drug-likeness (QED) is 0.675. The molecule has 0 aromatic carbocycles. The van der Waals surface area contributed by atoms with Crippen LogP contribution in [0.5, 0.6) is 0 Å². The fourth-order valence-corrected chi connectivity index (χ4v) is 0.866. The fourth-order valence-electron chi connectivity index (χ4n) is 0.866. The molecule has 3 heteroatoms. The second-order valence-electron chi connectivity index (χ2n) is 4.54. The molecule has 0 aliphatic rings. The van der Waals surface area contributed by atoms with E-state index in [1.807, 2.05) is 0 Å². The Labute approximate surface area is 79.9 Å². The molecule has 0 aliphatic heterocycles. The van der Waals surface area contributed by atoms with E-state index in [1.54, 1.807) is 0 Å².